The fraction of sp³-hybridized carbons (Fsp3) is 1.00. The van der Waals surface area contributed by atoms with Crippen molar-refractivity contribution >= 4 is 7.75 Å². The van der Waals surface area contributed by atoms with E-state index in [2.05, 4.69) is 4.52 Å². The topological polar surface area (TPSA) is 84.6 Å². The molecule has 0 fully saturated rings. The first kappa shape index (κ1) is 11.1. The van der Waals surface area contributed by atoms with Crippen molar-refractivity contribution in [1.29, 1.82) is 0 Å². The lowest BCUT2D eigenvalue weighted by Gasteiger charge is -2.08. The van der Waals surface area contributed by atoms with E-state index >= 15 is 0 Å². The summed E-state index contributed by atoms with van der Waals surface area (Å²) < 4.78 is 15.2. The van der Waals surface area contributed by atoms with Gasteiger partial charge in [0.15, 0.2) is 0 Å². The van der Waals surface area contributed by atoms with Crippen molar-refractivity contribution in [3.8, 4) is 0 Å². The Balaban J connectivity index is 3.31. The van der Waals surface area contributed by atoms with Gasteiger partial charge in [0.2, 0.25) is 0 Å². The average Bonchev–Trinajstić information content (AvgIpc) is 1.99. The van der Waals surface area contributed by atoms with E-state index in [-0.39, 0.29) is 6.61 Å². The first-order chi connectivity index (χ1) is 5.12. The van der Waals surface area contributed by atoms with E-state index in [1.807, 2.05) is 6.92 Å². The van der Waals surface area contributed by atoms with Crippen LogP contribution in [0.15, 0.2) is 0 Å². The van der Waals surface area contributed by atoms with Crippen LogP contribution >= 0.6 is 7.75 Å². The highest BCUT2D eigenvalue weighted by Gasteiger charge is 2.14. The molecule has 0 rings (SSSR count). The molecular formula is C5H15N2O3P. The molecule has 6 heteroatoms. The number of nitrogens with one attached hydrogen (secondary N) is 1. The van der Waals surface area contributed by atoms with Crippen molar-refractivity contribution in [1.82, 2.24) is 5.20 Å². The third kappa shape index (κ3) is 6.47. The van der Waals surface area contributed by atoms with Crippen LogP contribution in [0, 0.1) is 0 Å². The Morgan fingerprint density at radius 2 is 2.27 bits per heavy atom. The molecule has 0 aromatic heterocycles. The molecule has 0 aromatic carbocycles. The first-order valence-corrected chi connectivity index (χ1v) is 5.15. The summed E-state index contributed by atoms with van der Waals surface area (Å²) in [6.07, 6.45) is 2.82. The van der Waals surface area contributed by atoms with Crippen molar-refractivity contribution < 1.29 is 14.0 Å². The van der Waals surface area contributed by atoms with Crippen LogP contribution in [-0.2, 0) is 9.09 Å². The Kier molecular flexibility index (Phi) is 5.72. The summed E-state index contributed by atoms with van der Waals surface area (Å²) in [5, 5.41) is 1.71. The zero-order valence-corrected chi connectivity index (χ0v) is 7.51. The Bertz CT molecular complexity index is 142. The van der Waals surface area contributed by atoms with Crippen LogP contribution < -0.4 is 11.0 Å². The summed E-state index contributed by atoms with van der Waals surface area (Å²) >= 11 is 0. The smallest absolute Gasteiger partial charge is 0.312 e. The van der Waals surface area contributed by atoms with Crippen molar-refractivity contribution in [3.05, 3.63) is 0 Å². The molecule has 0 aliphatic heterocycles. The number of nitrogens with two attached hydrogens (primary N) is 1. The number of hydrogen-bond donors (Lipinski definition) is 3. The maximum absolute atomic E-state index is 10.6. The lowest BCUT2D eigenvalue weighted by Crippen LogP contribution is -2.19. The second-order valence-electron chi connectivity index (χ2n) is 2.19. The summed E-state index contributed by atoms with van der Waals surface area (Å²) in [5.74, 6) is 4.73. The predicted octanol–water partition coefficient (Wildman–Crippen LogP) is 0.757. The van der Waals surface area contributed by atoms with Gasteiger partial charge in [-0.3, -0.25) is 10.4 Å². The Hall–Kier alpha value is 0.0700. The van der Waals surface area contributed by atoms with Crippen LogP contribution in [0.5, 0.6) is 0 Å². The molecule has 5 nitrogen and oxygen atoms in total. The van der Waals surface area contributed by atoms with E-state index in [9.17, 15) is 4.57 Å². The van der Waals surface area contributed by atoms with Crippen LogP contribution in [0.2, 0.25) is 0 Å². The fourth-order valence-electron chi connectivity index (χ4n) is 0.578. The van der Waals surface area contributed by atoms with Crippen LogP contribution in [-0.4, -0.2) is 11.5 Å². The predicted molar refractivity (Wildman–Crippen MR) is 42.6 cm³/mol. The van der Waals surface area contributed by atoms with Gasteiger partial charge in [0.25, 0.3) is 0 Å². The average molecular weight is 182 g/mol. The highest BCUT2D eigenvalue weighted by atomic mass is 31.2. The van der Waals surface area contributed by atoms with Gasteiger partial charge in [0.05, 0.1) is 6.61 Å². The molecule has 4 N–H and O–H groups in total. The fourth-order valence-corrected chi connectivity index (χ4v) is 1.03. The maximum atomic E-state index is 10.6. The van der Waals surface area contributed by atoms with Gasteiger partial charge in [-0.05, 0) is 6.42 Å². The van der Waals surface area contributed by atoms with Gasteiger partial charge < -0.3 is 4.89 Å². The highest BCUT2D eigenvalue weighted by Crippen LogP contribution is 2.34. The summed E-state index contributed by atoms with van der Waals surface area (Å²) in [4.78, 5) is 8.72. The molecule has 0 spiro atoms. The van der Waals surface area contributed by atoms with Gasteiger partial charge in [-0.25, -0.2) is 4.57 Å². The van der Waals surface area contributed by atoms with Crippen LogP contribution in [0.1, 0.15) is 26.2 Å². The third-order valence-corrected chi connectivity index (χ3v) is 2.04. The Morgan fingerprint density at radius 1 is 1.64 bits per heavy atom. The van der Waals surface area contributed by atoms with Crippen LogP contribution in [0.25, 0.3) is 0 Å². The molecular weight excluding hydrogens is 167 g/mol. The third-order valence-electron chi connectivity index (χ3n) is 1.18. The zero-order chi connectivity index (χ0) is 8.74. The highest BCUT2D eigenvalue weighted by molar-refractivity contribution is 7.50. The normalized spacial score (nSPS) is 16.3. The van der Waals surface area contributed by atoms with E-state index in [0.29, 0.717) is 0 Å². The molecule has 11 heavy (non-hydrogen) atoms. The molecule has 0 aromatic rings. The molecule has 1 atom stereocenters. The minimum absolute atomic E-state index is 0.270. The zero-order valence-electron chi connectivity index (χ0n) is 6.62. The van der Waals surface area contributed by atoms with Gasteiger partial charge in [-0.2, -0.15) is 5.20 Å². The Morgan fingerprint density at radius 3 is 2.73 bits per heavy atom. The minimum Gasteiger partial charge on any atom is -0.312 e. The van der Waals surface area contributed by atoms with Gasteiger partial charge in [0.1, 0.15) is 0 Å². The van der Waals surface area contributed by atoms with E-state index in [4.69, 9.17) is 10.7 Å². The minimum atomic E-state index is -3.69. The Labute approximate surface area is 66.5 Å². The van der Waals surface area contributed by atoms with E-state index in [0.717, 1.165) is 19.3 Å². The second kappa shape index (κ2) is 5.69. The van der Waals surface area contributed by atoms with Gasteiger partial charge in [-0.1, -0.05) is 19.8 Å². The first-order valence-electron chi connectivity index (χ1n) is 3.57. The van der Waals surface area contributed by atoms with E-state index < -0.39 is 7.75 Å². The molecule has 1 unspecified atom stereocenters. The summed E-state index contributed by atoms with van der Waals surface area (Å²) in [5.41, 5.74) is 0. The molecule has 68 valence electrons. The molecule has 0 saturated carbocycles. The molecule has 0 radical (unpaired) electrons. The molecule has 0 amide bonds. The molecule has 0 heterocycles. The summed E-state index contributed by atoms with van der Waals surface area (Å²) in [6.45, 7) is 2.31. The summed E-state index contributed by atoms with van der Waals surface area (Å²) in [6, 6.07) is 0. The number of hydrogen-bond acceptors (Lipinski definition) is 3. The van der Waals surface area contributed by atoms with Crippen molar-refractivity contribution in [2.45, 2.75) is 26.2 Å². The van der Waals surface area contributed by atoms with E-state index in [1.165, 1.54) is 0 Å². The molecule has 0 aliphatic carbocycles. The largest absolute Gasteiger partial charge is 0.416 e. The maximum Gasteiger partial charge on any atom is 0.416 e. The quantitative estimate of drug-likeness (QED) is 0.244. The molecule has 0 saturated heterocycles. The summed E-state index contributed by atoms with van der Waals surface area (Å²) in [7, 11) is -3.69. The van der Waals surface area contributed by atoms with Crippen molar-refractivity contribution in [3.63, 3.8) is 0 Å². The van der Waals surface area contributed by atoms with Crippen molar-refractivity contribution in [2.24, 2.45) is 5.84 Å². The number of unbranched alkanes of at least 4 members (excludes halogenated alkanes) is 2. The SMILES string of the molecule is CCCCCOP(=O)(O)NN. The lowest BCUT2D eigenvalue weighted by molar-refractivity contribution is 0.244. The lowest BCUT2D eigenvalue weighted by atomic mass is 10.3. The van der Waals surface area contributed by atoms with Gasteiger partial charge in [-0.15, -0.1) is 0 Å². The monoisotopic (exact) mass is 182 g/mol. The number of hydrazine groups is 1. The van der Waals surface area contributed by atoms with Crippen molar-refractivity contribution in [2.75, 3.05) is 6.61 Å². The van der Waals surface area contributed by atoms with E-state index in [1.54, 1.807) is 5.20 Å². The van der Waals surface area contributed by atoms with Crippen LogP contribution in [0.3, 0.4) is 0 Å². The molecule has 0 aliphatic rings. The second-order valence-corrected chi connectivity index (χ2v) is 3.75. The van der Waals surface area contributed by atoms with Crippen LogP contribution in [0.4, 0.5) is 0 Å². The number of rotatable bonds is 6. The van der Waals surface area contributed by atoms with Gasteiger partial charge in [0, 0.05) is 0 Å². The standard InChI is InChI=1S/C5H15N2O3P/c1-2-3-4-5-10-11(8,9)7-6/h2-6H2,1H3,(H2,7,8,9). The molecule has 0 bridgehead atoms. The van der Waals surface area contributed by atoms with Gasteiger partial charge >= 0.3 is 7.75 Å².